The Kier molecular flexibility index (Phi) is 4.94. The fourth-order valence-electron chi connectivity index (χ4n) is 4.30. The van der Waals surface area contributed by atoms with E-state index >= 15 is 0 Å². The van der Waals surface area contributed by atoms with Crippen molar-refractivity contribution in [1.29, 1.82) is 0 Å². The van der Waals surface area contributed by atoms with Gasteiger partial charge < -0.3 is 10.2 Å². The fourth-order valence-corrected chi connectivity index (χ4v) is 4.30. The molecular weight excluding hydrogens is 258 g/mol. The summed E-state index contributed by atoms with van der Waals surface area (Å²) in [4.78, 5) is 5.26. The van der Waals surface area contributed by atoms with E-state index in [-0.39, 0.29) is 0 Å². The fraction of sp³-hybridized carbons (Fsp3) is 0.667. The summed E-state index contributed by atoms with van der Waals surface area (Å²) < 4.78 is 0. The van der Waals surface area contributed by atoms with Gasteiger partial charge in [-0.05, 0) is 44.3 Å². The third-order valence-electron chi connectivity index (χ3n) is 5.42. The zero-order chi connectivity index (χ0) is 14.7. The lowest BCUT2D eigenvalue weighted by molar-refractivity contribution is 0.184. The van der Waals surface area contributed by atoms with Crippen LogP contribution >= 0.6 is 0 Å². The SMILES string of the molecule is CNCCN(C)[C@@H]1CC[C@H]2CN(Cc3ccccc3)C[C@H]21. The summed E-state index contributed by atoms with van der Waals surface area (Å²) >= 11 is 0. The highest BCUT2D eigenvalue weighted by atomic mass is 15.2. The molecule has 3 nitrogen and oxygen atoms in total. The van der Waals surface area contributed by atoms with Gasteiger partial charge in [-0.3, -0.25) is 4.90 Å². The van der Waals surface area contributed by atoms with Crippen LogP contribution in [0.1, 0.15) is 18.4 Å². The minimum atomic E-state index is 0.795. The third kappa shape index (κ3) is 3.47. The van der Waals surface area contributed by atoms with Crippen LogP contribution in [0.15, 0.2) is 30.3 Å². The lowest BCUT2D eigenvalue weighted by Crippen LogP contribution is -2.40. The van der Waals surface area contributed by atoms with Crippen molar-refractivity contribution in [2.24, 2.45) is 11.8 Å². The van der Waals surface area contributed by atoms with E-state index in [0.717, 1.165) is 31.0 Å². The van der Waals surface area contributed by atoms with Crippen molar-refractivity contribution in [3.63, 3.8) is 0 Å². The van der Waals surface area contributed by atoms with E-state index in [2.05, 4.69) is 52.5 Å². The molecule has 1 aliphatic carbocycles. The zero-order valence-electron chi connectivity index (χ0n) is 13.5. The molecule has 0 amide bonds. The Hall–Kier alpha value is -0.900. The van der Waals surface area contributed by atoms with Crippen molar-refractivity contribution >= 4 is 0 Å². The van der Waals surface area contributed by atoms with E-state index < -0.39 is 0 Å². The van der Waals surface area contributed by atoms with Crippen LogP contribution < -0.4 is 5.32 Å². The van der Waals surface area contributed by atoms with E-state index in [0.29, 0.717) is 0 Å². The highest BCUT2D eigenvalue weighted by Gasteiger charge is 2.43. The molecule has 1 aromatic carbocycles. The second-order valence-electron chi connectivity index (χ2n) is 6.83. The summed E-state index contributed by atoms with van der Waals surface area (Å²) in [6.07, 6.45) is 2.82. The van der Waals surface area contributed by atoms with Crippen LogP contribution in [0.5, 0.6) is 0 Å². The Labute approximate surface area is 129 Å². The molecule has 2 aliphatic rings. The molecular formula is C18H29N3. The summed E-state index contributed by atoms with van der Waals surface area (Å²) in [7, 11) is 4.35. The molecule has 3 atom stereocenters. The predicted molar refractivity (Wildman–Crippen MR) is 88.3 cm³/mol. The second-order valence-corrected chi connectivity index (χ2v) is 6.83. The molecule has 1 aliphatic heterocycles. The van der Waals surface area contributed by atoms with Gasteiger partial charge in [-0.1, -0.05) is 30.3 Å². The Bertz CT molecular complexity index is 433. The standard InChI is InChI=1S/C18H29N3/c1-19-10-11-20(2)18-9-8-16-13-21(14-17(16)18)12-15-6-4-3-5-7-15/h3-7,16-19H,8-14H2,1-2H3/t16-,17+,18+/m0/s1. The maximum Gasteiger partial charge on any atom is 0.0233 e. The molecule has 3 heteroatoms. The van der Waals surface area contributed by atoms with Crippen LogP contribution in [0.25, 0.3) is 0 Å². The molecule has 0 bridgehead atoms. The molecule has 1 saturated heterocycles. The molecule has 1 aromatic rings. The van der Waals surface area contributed by atoms with Crippen LogP contribution in [0, 0.1) is 11.8 Å². The van der Waals surface area contributed by atoms with Gasteiger partial charge in [0.25, 0.3) is 0 Å². The van der Waals surface area contributed by atoms with E-state index in [1.54, 1.807) is 0 Å². The van der Waals surface area contributed by atoms with Gasteiger partial charge in [-0.25, -0.2) is 0 Å². The van der Waals surface area contributed by atoms with Crippen molar-refractivity contribution in [3.05, 3.63) is 35.9 Å². The van der Waals surface area contributed by atoms with Gasteiger partial charge in [0.15, 0.2) is 0 Å². The van der Waals surface area contributed by atoms with Gasteiger partial charge in [-0.15, -0.1) is 0 Å². The summed E-state index contributed by atoms with van der Waals surface area (Å²) in [6, 6.07) is 11.7. The number of benzene rings is 1. The molecule has 1 heterocycles. The maximum atomic E-state index is 3.27. The Morgan fingerprint density at radius 2 is 2.00 bits per heavy atom. The van der Waals surface area contributed by atoms with Gasteiger partial charge in [0.1, 0.15) is 0 Å². The number of fused-ring (bicyclic) bond motifs is 1. The van der Waals surface area contributed by atoms with Gasteiger partial charge in [0.2, 0.25) is 0 Å². The van der Waals surface area contributed by atoms with Crippen molar-refractivity contribution in [3.8, 4) is 0 Å². The van der Waals surface area contributed by atoms with Gasteiger partial charge in [0, 0.05) is 38.8 Å². The molecule has 21 heavy (non-hydrogen) atoms. The van der Waals surface area contributed by atoms with Crippen LogP contribution in [0.4, 0.5) is 0 Å². The van der Waals surface area contributed by atoms with Crippen molar-refractivity contribution in [1.82, 2.24) is 15.1 Å². The molecule has 0 radical (unpaired) electrons. The minimum absolute atomic E-state index is 0.795. The van der Waals surface area contributed by atoms with Crippen molar-refractivity contribution in [2.45, 2.75) is 25.4 Å². The highest BCUT2D eigenvalue weighted by Crippen LogP contribution is 2.40. The van der Waals surface area contributed by atoms with Crippen LogP contribution in [0.2, 0.25) is 0 Å². The smallest absolute Gasteiger partial charge is 0.0233 e. The lowest BCUT2D eigenvalue weighted by atomic mass is 9.97. The summed E-state index contributed by atoms with van der Waals surface area (Å²) in [6.45, 7) is 5.98. The number of nitrogens with zero attached hydrogens (tertiary/aromatic N) is 2. The number of rotatable bonds is 6. The molecule has 116 valence electrons. The predicted octanol–water partition coefficient (Wildman–Crippen LogP) is 2.05. The Morgan fingerprint density at radius 1 is 1.19 bits per heavy atom. The van der Waals surface area contributed by atoms with E-state index in [9.17, 15) is 0 Å². The summed E-state index contributed by atoms with van der Waals surface area (Å²) in [5, 5.41) is 3.27. The Balaban J connectivity index is 1.56. The van der Waals surface area contributed by atoms with Gasteiger partial charge in [0.05, 0.1) is 0 Å². The average Bonchev–Trinajstić information content (AvgIpc) is 3.05. The monoisotopic (exact) mass is 287 g/mol. The van der Waals surface area contributed by atoms with Crippen LogP contribution in [0.3, 0.4) is 0 Å². The quantitative estimate of drug-likeness (QED) is 0.864. The first-order valence-electron chi connectivity index (χ1n) is 8.39. The second kappa shape index (κ2) is 6.91. The number of hydrogen-bond acceptors (Lipinski definition) is 3. The Morgan fingerprint density at radius 3 is 2.76 bits per heavy atom. The van der Waals surface area contributed by atoms with E-state index in [1.165, 1.54) is 38.0 Å². The first-order valence-corrected chi connectivity index (χ1v) is 8.39. The van der Waals surface area contributed by atoms with E-state index in [4.69, 9.17) is 0 Å². The molecule has 3 rings (SSSR count). The lowest BCUT2D eigenvalue weighted by Gasteiger charge is -2.29. The zero-order valence-corrected chi connectivity index (χ0v) is 13.5. The summed E-state index contributed by atoms with van der Waals surface area (Å²) in [5.41, 5.74) is 1.46. The van der Waals surface area contributed by atoms with Gasteiger partial charge >= 0.3 is 0 Å². The van der Waals surface area contributed by atoms with Crippen LogP contribution in [-0.4, -0.2) is 56.1 Å². The third-order valence-corrected chi connectivity index (χ3v) is 5.42. The maximum absolute atomic E-state index is 3.27. The highest BCUT2D eigenvalue weighted by molar-refractivity contribution is 5.15. The largest absolute Gasteiger partial charge is 0.318 e. The number of nitrogens with one attached hydrogen (secondary N) is 1. The number of likely N-dealkylation sites (tertiary alicyclic amines) is 1. The first kappa shape index (κ1) is 15.0. The number of hydrogen-bond donors (Lipinski definition) is 1. The normalized spacial score (nSPS) is 29.2. The van der Waals surface area contributed by atoms with Crippen LogP contribution in [-0.2, 0) is 6.54 Å². The molecule has 0 spiro atoms. The number of likely N-dealkylation sites (N-methyl/N-ethyl adjacent to an activating group) is 2. The summed E-state index contributed by atoms with van der Waals surface area (Å²) in [5.74, 6) is 1.81. The molecule has 2 fully saturated rings. The molecule has 0 unspecified atom stereocenters. The first-order chi connectivity index (χ1) is 10.3. The molecule has 0 aromatic heterocycles. The minimum Gasteiger partial charge on any atom is -0.318 e. The molecule has 1 N–H and O–H groups in total. The van der Waals surface area contributed by atoms with Crippen molar-refractivity contribution in [2.75, 3.05) is 40.3 Å². The van der Waals surface area contributed by atoms with Gasteiger partial charge in [-0.2, -0.15) is 0 Å². The molecule has 1 saturated carbocycles. The topological polar surface area (TPSA) is 18.5 Å². The average molecular weight is 287 g/mol. The van der Waals surface area contributed by atoms with Crippen molar-refractivity contribution < 1.29 is 0 Å². The van der Waals surface area contributed by atoms with E-state index in [1.807, 2.05) is 7.05 Å².